The minimum Gasteiger partial charge on any atom is -0.486 e. The van der Waals surface area contributed by atoms with Gasteiger partial charge < -0.3 is 15.0 Å². The minimum atomic E-state index is -0.416. The first kappa shape index (κ1) is 25.7. The molecule has 0 spiro atoms. The standard InChI is InChI=1S/C27H29Cl2FN6O/c1-14(2)33-27(5)12-36(13-27)26-21(30)8-17(10-32-26)25-19-9-18(6-7-22(19)34-35-25)37-16(4)23-20(28)11-31-15(3)24(23)29/h6-11,14,16,33H,12-13H2,1-5H3,(H,34,35)/t16-/m1/s1. The fraction of sp³-hybridized carbons (Fsp3) is 0.370. The number of anilines is 1. The molecular formula is C27H29Cl2FN6O. The molecule has 1 aliphatic heterocycles. The van der Waals surface area contributed by atoms with Crippen molar-refractivity contribution in [1.29, 1.82) is 0 Å². The summed E-state index contributed by atoms with van der Waals surface area (Å²) < 4.78 is 21.3. The van der Waals surface area contributed by atoms with E-state index in [0.29, 0.717) is 63.3 Å². The molecule has 0 aliphatic carbocycles. The SMILES string of the molecule is Cc1ncc(Cl)c([C@@H](C)Oc2ccc3[nH]nc(-c4cnc(N5CC(C)(NC(C)C)C5)c(F)c4)c3c2)c1Cl. The van der Waals surface area contributed by atoms with Crippen LogP contribution in [0.4, 0.5) is 10.2 Å². The molecule has 1 aliphatic rings. The zero-order chi connectivity index (χ0) is 26.5. The summed E-state index contributed by atoms with van der Waals surface area (Å²) in [6, 6.07) is 7.42. The number of aryl methyl sites for hydroxylation is 1. The minimum absolute atomic E-state index is 0.0453. The Morgan fingerprint density at radius 1 is 1.14 bits per heavy atom. The molecule has 10 heteroatoms. The number of aromatic nitrogens is 4. The number of ether oxygens (including phenoxy) is 1. The molecule has 0 bridgehead atoms. The van der Waals surface area contributed by atoms with Crippen molar-refractivity contribution >= 4 is 39.9 Å². The van der Waals surface area contributed by atoms with Crippen LogP contribution in [0.25, 0.3) is 22.2 Å². The van der Waals surface area contributed by atoms with E-state index in [9.17, 15) is 0 Å². The normalized spacial score (nSPS) is 15.8. The van der Waals surface area contributed by atoms with Crippen LogP contribution in [0.2, 0.25) is 10.0 Å². The summed E-state index contributed by atoms with van der Waals surface area (Å²) in [5.74, 6) is 0.580. The van der Waals surface area contributed by atoms with Crippen molar-refractivity contribution in [2.75, 3.05) is 18.0 Å². The van der Waals surface area contributed by atoms with E-state index in [0.717, 1.165) is 10.9 Å². The number of pyridine rings is 2. The molecule has 5 rings (SSSR count). The van der Waals surface area contributed by atoms with Crippen molar-refractivity contribution in [3.63, 3.8) is 0 Å². The number of benzene rings is 1. The van der Waals surface area contributed by atoms with Gasteiger partial charge in [0.25, 0.3) is 0 Å². The van der Waals surface area contributed by atoms with E-state index in [2.05, 4.69) is 46.3 Å². The molecule has 4 aromatic rings. The molecule has 37 heavy (non-hydrogen) atoms. The van der Waals surface area contributed by atoms with E-state index in [1.807, 2.05) is 36.9 Å². The van der Waals surface area contributed by atoms with Crippen LogP contribution in [-0.4, -0.2) is 44.8 Å². The molecule has 0 saturated carbocycles. The summed E-state index contributed by atoms with van der Waals surface area (Å²) >= 11 is 12.8. The Morgan fingerprint density at radius 2 is 1.89 bits per heavy atom. The summed E-state index contributed by atoms with van der Waals surface area (Å²) in [6.45, 7) is 11.5. The first-order valence-corrected chi connectivity index (χ1v) is 12.9. The van der Waals surface area contributed by atoms with Crippen LogP contribution >= 0.6 is 23.2 Å². The molecule has 1 atom stereocenters. The highest BCUT2D eigenvalue weighted by Gasteiger charge is 2.40. The summed E-state index contributed by atoms with van der Waals surface area (Å²) in [5.41, 5.74) is 3.29. The maximum Gasteiger partial charge on any atom is 0.166 e. The van der Waals surface area contributed by atoms with Crippen molar-refractivity contribution in [1.82, 2.24) is 25.5 Å². The Morgan fingerprint density at radius 3 is 2.59 bits per heavy atom. The topological polar surface area (TPSA) is 79.0 Å². The molecule has 1 fully saturated rings. The predicted molar refractivity (Wildman–Crippen MR) is 146 cm³/mol. The first-order valence-electron chi connectivity index (χ1n) is 12.2. The number of rotatable bonds is 7. The van der Waals surface area contributed by atoms with Crippen LogP contribution in [0.1, 0.15) is 45.1 Å². The van der Waals surface area contributed by atoms with E-state index in [1.54, 1.807) is 12.4 Å². The zero-order valence-corrected chi connectivity index (χ0v) is 22.9. The average Bonchev–Trinajstić information content (AvgIpc) is 3.23. The monoisotopic (exact) mass is 542 g/mol. The molecule has 7 nitrogen and oxygen atoms in total. The van der Waals surface area contributed by atoms with Crippen molar-refractivity contribution in [3.8, 4) is 17.0 Å². The van der Waals surface area contributed by atoms with Crippen LogP contribution in [0.15, 0.2) is 36.7 Å². The maximum atomic E-state index is 15.2. The van der Waals surface area contributed by atoms with Gasteiger partial charge in [0.05, 0.1) is 26.8 Å². The quantitative estimate of drug-likeness (QED) is 0.278. The first-order chi connectivity index (χ1) is 17.5. The second kappa shape index (κ2) is 9.74. The lowest BCUT2D eigenvalue weighted by Gasteiger charge is -2.50. The number of H-pyrrole nitrogens is 1. The molecule has 1 aromatic carbocycles. The predicted octanol–water partition coefficient (Wildman–Crippen LogP) is 6.49. The fourth-order valence-corrected chi connectivity index (χ4v) is 5.68. The van der Waals surface area contributed by atoms with Crippen LogP contribution in [0.3, 0.4) is 0 Å². The van der Waals surface area contributed by atoms with E-state index in [4.69, 9.17) is 27.9 Å². The smallest absolute Gasteiger partial charge is 0.166 e. The van der Waals surface area contributed by atoms with Gasteiger partial charge in [-0.25, -0.2) is 9.37 Å². The van der Waals surface area contributed by atoms with Crippen LogP contribution < -0.4 is 15.0 Å². The van der Waals surface area contributed by atoms with Gasteiger partial charge in [0.1, 0.15) is 17.5 Å². The van der Waals surface area contributed by atoms with Gasteiger partial charge in [0, 0.05) is 48.0 Å². The van der Waals surface area contributed by atoms with Gasteiger partial charge in [-0.1, -0.05) is 37.0 Å². The third kappa shape index (κ3) is 4.98. The van der Waals surface area contributed by atoms with Gasteiger partial charge in [-0.15, -0.1) is 0 Å². The average molecular weight is 543 g/mol. The zero-order valence-electron chi connectivity index (χ0n) is 21.4. The molecule has 3 aromatic heterocycles. The maximum absolute atomic E-state index is 15.2. The summed E-state index contributed by atoms with van der Waals surface area (Å²) in [6.07, 6.45) is 2.82. The number of nitrogens with one attached hydrogen (secondary N) is 2. The molecular weight excluding hydrogens is 514 g/mol. The Kier molecular flexibility index (Phi) is 6.77. The highest BCUT2D eigenvalue weighted by atomic mass is 35.5. The summed E-state index contributed by atoms with van der Waals surface area (Å²) in [5, 5.41) is 12.7. The second-order valence-corrected chi connectivity index (χ2v) is 11.0. The fourth-order valence-electron chi connectivity index (χ4n) is 5.03. The number of halogens is 3. The lowest BCUT2D eigenvalue weighted by atomic mass is 9.91. The highest BCUT2D eigenvalue weighted by Crippen LogP contribution is 2.37. The Balaban J connectivity index is 1.39. The van der Waals surface area contributed by atoms with Gasteiger partial charge in [0.2, 0.25) is 0 Å². The largest absolute Gasteiger partial charge is 0.486 e. The van der Waals surface area contributed by atoms with Gasteiger partial charge >= 0.3 is 0 Å². The highest BCUT2D eigenvalue weighted by molar-refractivity contribution is 6.36. The number of aromatic amines is 1. The Labute approximate surface area is 225 Å². The summed E-state index contributed by atoms with van der Waals surface area (Å²) in [7, 11) is 0. The number of hydrogen-bond donors (Lipinski definition) is 2. The van der Waals surface area contributed by atoms with Gasteiger partial charge in [-0.2, -0.15) is 5.10 Å². The van der Waals surface area contributed by atoms with E-state index < -0.39 is 6.10 Å². The van der Waals surface area contributed by atoms with Gasteiger partial charge in [0.15, 0.2) is 11.6 Å². The van der Waals surface area contributed by atoms with Crippen molar-refractivity contribution in [2.24, 2.45) is 0 Å². The van der Waals surface area contributed by atoms with Crippen LogP contribution in [0, 0.1) is 12.7 Å². The summed E-state index contributed by atoms with van der Waals surface area (Å²) in [4.78, 5) is 10.6. The molecule has 194 valence electrons. The van der Waals surface area contributed by atoms with E-state index in [1.165, 1.54) is 6.07 Å². The molecule has 1 saturated heterocycles. The molecule has 0 radical (unpaired) electrons. The molecule has 4 heterocycles. The van der Waals surface area contributed by atoms with E-state index in [-0.39, 0.29) is 11.4 Å². The Bertz CT molecular complexity index is 1470. The van der Waals surface area contributed by atoms with Crippen molar-refractivity contribution in [2.45, 2.75) is 52.3 Å². The van der Waals surface area contributed by atoms with E-state index >= 15 is 4.39 Å². The number of hydrogen-bond acceptors (Lipinski definition) is 6. The number of nitrogens with zero attached hydrogens (tertiary/aromatic N) is 4. The van der Waals surface area contributed by atoms with Gasteiger partial charge in [-0.05, 0) is 45.0 Å². The number of fused-ring (bicyclic) bond motifs is 1. The third-order valence-electron chi connectivity index (χ3n) is 6.55. The lowest BCUT2D eigenvalue weighted by molar-refractivity contribution is 0.227. The van der Waals surface area contributed by atoms with Gasteiger partial charge in [-0.3, -0.25) is 10.1 Å². The van der Waals surface area contributed by atoms with Crippen LogP contribution in [0.5, 0.6) is 5.75 Å². The van der Waals surface area contributed by atoms with Crippen molar-refractivity contribution in [3.05, 3.63) is 63.8 Å². The molecule has 0 unspecified atom stereocenters. The lowest BCUT2D eigenvalue weighted by Crippen LogP contribution is -2.69. The van der Waals surface area contributed by atoms with Crippen LogP contribution in [-0.2, 0) is 0 Å². The molecule has 2 N–H and O–H groups in total. The second-order valence-electron chi connectivity index (χ2n) is 10.2. The van der Waals surface area contributed by atoms with Crippen molar-refractivity contribution < 1.29 is 9.13 Å². The Hall–Kier alpha value is -2.94. The molecule has 0 amide bonds. The third-order valence-corrected chi connectivity index (χ3v) is 7.33.